The van der Waals surface area contributed by atoms with E-state index in [4.69, 9.17) is 4.74 Å². The summed E-state index contributed by atoms with van der Waals surface area (Å²) in [6.45, 7) is 7.64. The van der Waals surface area contributed by atoms with Gasteiger partial charge in [-0.1, -0.05) is 13.8 Å². The molecule has 1 aliphatic heterocycles. The number of aromatic nitrogens is 2. The first-order chi connectivity index (χ1) is 10.3. The van der Waals surface area contributed by atoms with E-state index in [0.717, 1.165) is 24.5 Å². The van der Waals surface area contributed by atoms with Gasteiger partial charge in [-0.05, 0) is 20.4 Å². The fraction of sp³-hybridized carbons (Fsp3) is 0.750. The van der Waals surface area contributed by atoms with Crippen molar-refractivity contribution >= 4 is 11.7 Å². The number of rotatable bonds is 4. The summed E-state index contributed by atoms with van der Waals surface area (Å²) in [7, 11) is 3.87. The van der Waals surface area contributed by atoms with E-state index in [9.17, 15) is 4.79 Å². The van der Waals surface area contributed by atoms with Gasteiger partial charge in [0.15, 0.2) is 0 Å². The maximum Gasteiger partial charge on any atom is 0.239 e. The van der Waals surface area contributed by atoms with Crippen LogP contribution in [0.5, 0.6) is 0 Å². The van der Waals surface area contributed by atoms with Crippen LogP contribution in [0.2, 0.25) is 0 Å². The Hall–Kier alpha value is -1.40. The van der Waals surface area contributed by atoms with Gasteiger partial charge in [0, 0.05) is 37.1 Å². The van der Waals surface area contributed by atoms with Crippen molar-refractivity contribution in [2.75, 3.05) is 25.5 Å². The first-order valence-corrected chi connectivity index (χ1v) is 7.93. The van der Waals surface area contributed by atoms with E-state index >= 15 is 0 Å². The maximum absolute atomic E-state index is 12.3. The third-order valence-electron chi connectivity index (χ3n) is 5.18. The Morgan fingerprint density at radius 1 is 1.59 bits per heavy atom. The van der Waals surface area contributed by atoms with Crippen LogP contribution in [0.4, 0.5) is 5.82 Å². The van der Waals surface area contributed by atoms with E-state index in [1.807, 2.05) is 27.1 Å². The summed E-state index contributed by atoms with van der Waals surface area (Å²) >= 11 is 0. The van der Waals surface area contributed by atoms with Crippen LogP contribution in [0.3, 0.4) is 0 Å². The highest BCUT2D eigenvalue weighted by atomic mass is 16.5. The minimum atomic E-state index is 0.00339. The molecule has 1 N–H and O–H groups in total. The van der Waals surface area contributed by atoms with Crippen molar-refractivity contribution in [3.63, 3.8) is 0 Å². The zero-order valence-electron chi connectivity index (χ0n) is 14.1. The largest absolute Gasteiger partial charge is 0.377 e. The number of nitrogens with zero attached hydrogens (tertiary/aromatic N) is 3. The van der Waals surface area contributed by atoms with Crippen LogP contribution in [-0.4, -0.2) is 52.9 Å². The third-order valence-corrected chi connectivity index (χ3v) is 5.18. The lowest BCUT2D eigenvalue weighted by Crippen LogP contribution is -2.66. The average molecular weight is 306 g/mol. The van der Waals surface area contributed by atoms with Crippen LogP contribution in [0.1, 0.15) is 26.0 Å². The minimum absolute atomic E-state index is 0.00339. The first-order valence-electron chi connectivity index (χ1n) is 7.93. The Morgan fingerprint density at radius 2 is 2.32 bits per heavy atom. The predicted octanol–water partition coefficient (Wildman–Crippen LogP) is 1.41. The van der Waals surface area contributed by atoms with Gasteiger partial charge < -0.3 is 10.1 Å². The zero-order valence-corrected chi connectivity index (χ0v) is 14.1. The summed E-state index contributed by atoms with van der Waals surface area (Å²) in [5.74, 6) is 1.31. The van der Waals surface area contributed by atoms with Gasteiger partial charge in [-0.3, -0.25) is 14.4 Å². The van der Waals surface area contributed by atoms with E-state index in [-0.39, 0.29) is 11.3 Å². The molecule has 6 nitrogen and oxygen atoms in total. The lowest BCUT2D eigenvalue weighted by Gasteiger charge is -2.57. The Morgan fingerprint density at radius 3 is 2.95 bits per heavy atom. The Bertz CT molecular complexity index is 581. The monoisotopic (exact) mass is 306 g/mol. The van der Waals surface area contributed by atoms with Gasteiger partial charge in [-0.2, -0.15) is 5.10 Å². The number of aryl methyl sites for hydroxylation is 2. The fourth-order valence-corrected chi connectivity index (χ4v) is 4.43. The number of hydrogen-bond donors (Lipinski definition) is 1. The molecule has 2 fully saturated rings. The summed E-state index contributed by atoms with van der Waals surface area (Å²) in [5, 5.41) is 7.18. The molecule has 3 rings (SSSR count). The summed E-state index contributed by atoms with van der Waals surface area (Å²) < 4.78 is 7.52. The predicted molar refractivity (Wildman–Crippen MR) is 84.6 cm³/mol. The molecule has 1 aromatic rings. The lowest BCUT2D eigenvalue weighted by molar-refractivity contribution is -0.152. The number of hydrogen-bond acceptors (Lipinski definition) is 4. The van der Waals surface area contributed by atoms with Crippen LogP contribution in [-0.2, 0) is 16.6 Å². The summed E-state index contributed by atoms with van der Waals surface area (Å²) in [4.78, 5) is 14.5. The topological polar surface area (TPSA) is 59.4 Å². The van der Waals surface area contributed by atoms with Crippen LogP contribution in [0.25, 0.3) is 0 Å². The molecule has 1 aromatic heterocycles. The van der Waals surface area contributed by atoms with Gasteiger partial charge in [0.25, 0.3) is 0 Å². The zero-order chi connectivity index (χ0) is 16.1. The molecule has 6 heteroatoms. The van der Waals surface area contributed by atoms with Crippen molar-refractivity contribution in [1.29, 1.82) is 0 Å². The van der Waals surface area contributed by atoms with Crippen LogP contribution < -0.4 is 5.32 Å². The number of carbonyl (C=O) groups is 1. The van der Waals surface area contributed by atoms with Gasteiger partial charge in [0.05, 0.1) is 18.3 Å². The molecule has 22 heavy (non-hydrogen) atoms. The molecule has 0 bridgehead atoms. The highest BCUT2D eigenvalue weighted by molar-refractivity contribution is 5.91. The molecule has 122 valence electrons. The molecule has 1 aliphatic carbocycles. The van der Waals surface area contributed by atoms with Crippen LogP contribution >= 0.6 is 0 Å². The summed E-state index contributed by atoms with van der Waals surface area (Å²) in [6, 6.07) is 2.28. The summed E-state index contributed by atoms with van der Waals surface area (Å²) in [6.07, 6.45) is 1.45. The fourth-order valence-electron chi connectivity index (χ4n) is 4.43. The average Bonchev–Trinajstić information content (AvgIpc) is 2.94. The van der Waals surface area contributed by atoms with Crippen molar-refractivity contribution in [2.45, 2.75) is 39.3 Å². The Balaban J connectivity index is 1.61. The van der Waals surface area contributed by atoms with E-state index in [1.165, 1.54) is 0 Å². The normalized spacial score (nSPS) is 29.3. The van der Waals surface area contributed by atoms with Crippen LogP contribution in [0, 0.1) is 18.3 Å². The Kier molecular flexibility index (Phi) is 3.77. The van der Waals surface area contributed by atoms with Crippen molar-refractivity contribution in [1.82, 2.24) is 14.7 Å². The molecular weight excluding hydrogens is 280 g/mol. The minimum Gasteiger partial charge on any atom is -0.377 e. The number of nitrogens with one attached hydrogen (secondary N) is 1. The number of fused-ring (bicyclic) bond motifs is 1. The number of amides is 1. The highest BCUT2D eigenvalue weighted by Crippen LogP contribution is 2.54. The molecule has 1 amide bonds. The van der Waals surface area contributed by atoms with E-state index < -0.39 is 0 Å². The van der Waals surface area contributed by atoms with Gasteiger partial charge in [-0.15, -0.1) is 0 Å². The second-order valence-electron chi connectivity index (χ2n) is 7.27. The third kappa shape index (κ3) is 2.44. The highest BCUT2D eigenvalue weighted by Gasteiger charge is 2.60. The molecule has 3 atom stereocenters. The van der Waals surface area contributed by atoms with Gasteiger partial charge in [0.2, 0.25) is 5.91 Å². The Labute approximate surface area is 131 Å². The quantitative estimate of drug-likeness (QED) is 0.914. The molecule has 1 saturated carbocycles. The second kappa shape index (κ2) is 5.35. The van der Waals surface area contributed by atoms with Gasteiger partial charge in [0.1, 0.15) is 5.82 Å². The number of carbonyl (C=O) groups excluding carboxylic acids is 1. The van der Waals surface area contributed by atoms with Gasteiger partial charge >= 0.3 is 0 Å². The maximum atomic E-state index is 12.3. The SMILES string of the molecule is Cc1cc(NC(=O)CN(C)[C@@H]2[C@@H]3CCO[C@H]3C2(C)C)n(C)n1. The second-order valence-corrected chi connectivity index (χ2v) is 7.27. The lowest BCUT2D eigenvalue weighted by atomic mass is 9.57. The van der Waals surface area contributed by atoms with Crippen LogP contribution in [0.15, 0.2) is 6.07 Å². The number of likely N-dealkylation sites (N-methyl/N-ethyl adjacent to an activating group) is 1. The van der Waals surface area contributed by atoms with Crippen molar-refractivity contribution in [2.24, 2.45) is 18.4 Å². The van der Waals surface area contributed by atoms with E-state index in [0.29, 0.717) is 24.6 Å². The molecule has 0 aromatic carbocycles. The van der Waals surface area contributed by atoms with Gasteiger partial charge in [-0.25, -0.2) is 0 Å². The molecular formula is C16H26N4O2. The number of ether oxygens (including phenoxy) is 1. The standard InChI is InChI=1S/C16H26N4O2/c1-10-8-12(20(5)18-10)17-13(21)9-19(4)14-11-6-7-22-15(11)16(14,2)3/h8,11,14-15H,6-7,9H2,1-5H3,(H,17,21)/t11-,14+,15+/m0/s1. The molecule has 0 spiro atoms. The molecule has 2 heterocycles. The van der Waals surface area contributed by atoms with Crippen molar-refractivity contribution < 1.29 is 9.53 Å². The summed E-state index contributed by atoms with van der Waals surface area (Å²) in [5.41, 5.74) is 1.01. The molecule has 0 radical (unpaired) electrons. The van der Waals surface area contributed by atoms with Crippen molar-refractivity contribution in [3.8, 4) is 0 Å². The molecule has 2 aliphatic rings. The molecule has 0 unspecified atom stereocenters. The van der Waals surface area contributed by atoms with E-state index in [2.05, 4.69) is 29.2 Å². The molecule has 1 saturated heterocycles. The van der Waals surface area contributed by atoms with Crippen molar-refractivity contribution in [3.05, 3.63) is 11.8 Å². The smallest absolute Gasteiger partial charge is 0.239 e. The van der Waals surface area contributed by atoms with E-state index in [1.54, 1.807) is 4.68 Å². The first kappa shape index (κ1) is 15.5. The number of anilines is 1.